The smallest absolute Gasteiger partial charge is 0.271 e. The first-order chi connectivity index (χ1) is 13.2. The summed E-state index contributed by atoms with van der Waals surface area (Å²) in [6, 6.07) is 5.89. The number of hydrogen-bond acceptors (Lipinski definition) is 7. The van der Waals surface area contributed by atoms with Gasteiger partial charge in [0.2, 0.25) is 0 Å². The zero-order valence-electron chi connectivity index (χ0n) is 14.3. The molecule has 3 N–H and O–H groups in total. The van der Waals surface area contributed by atoms with E-state index in [-0.39, 0.29) is 27.7 Å². The molecule has 0 unspecified atom stereocenters. The summed E-state index contributed by atoms with van der Waals surface area (Å²) in [5.41, 5.74) is 4.28. The number of sulfone groups is 1. The molecule has 0 atom stereocenters. The first-order valence-corrected chi connectivity index (χ1v) is 9.60. The molecule has 144 valence electrons. The summed E-state index contributed by atoms with van der Waals surface area (Å²) in [4.78, 5) is 15.7. The predicted molar refractivity (Wildman–Crippen MR) is 96.5 cm³/mol. The number of hydrogen-bond donors (Lipinski definition) is 2. The molecule has 3 rings (SSSR count). The van der Waals surface area contributed by atoms with Crippen molar-refractivity contribution in [1.82, 2.24) is 15.2 Å². The molecule has 0 aliphatic heterocycles. The summed E-state index contributed by atoms with van der Waals surface area (Å²) >= 11 is 0. The third-order valence-electron chi connectivity index (χ3n) is 3.73. The monoisotopic (exact) mass is 405 g/mol. The van der Waals surface area contributed by atoms with Gasteiger partial charge in [-0.05, 0) is 24.3 Å². The molecule has 1 amide bonds. The van der Waals surface area contributed by atoms with Gasteiger partial charge in [-0.3, -0.25) is 4.79 Å². The van der Waals surface area contributed by atoms with Crippen LogP contribution in [0.15, 0.2) is 47.6 Å². The van der Waals surface area contributed by atoms with Crippen LogP contribution < -0.4 is 11.1 Å². The lowest BCUT2D eigenvalue weighted by Gasteiger charge is -2.14. The van der Waals surface area contributed by atoms with E-state index in [1.807, 2.05) is 0 Å². The number of anilines is 2. The molecule has 1 aromatic carbocycles. The minimum absolute atomic E-state index is 0.0265. The van der Waals surface area contributed by atoms with Gasteiger partial charge in [-0.25, -0.2) is 22.2 Å². The van der Waals surface area contributed by atoms with Gasteiger partial charge in [-0.2, -0.15) is 5.10 Å². The van der Waals surface area contributed by atoms with Crippen LogP contribution in [0.2, 0.25) is 0 Å². The lowest BCUT2D eigenvalue weighted by molar-refractivity contribution is 0.0995. The number of nitrogens with one attached hydrogen (secondary N) is 1. The summed E-state index contributed by atoms with van der Waals surface area (Å²) in [6.07, 6.45) is 3.19. The summed E-state index contributed by atoms with van der Waals surface area (Å²) in [6.45, 7) is 0. The second-order valence-corrected chi connectivity index (χ2v) is 7.73. The second kappa shape index (κ2) is 7.27. The number of halogens is 2. The van der Waals surface area contributed by atoms with Crippen molar-refractivity contribution < 1.29 is 22.0 Å². The standard InChI is InChI=1S/C17H13F2N5O3S/c1-28(26,27)9-5-6-13(21-7-9)23-15-10(8-22-24-16(15)17(20)25)14-11(18)3-2-4-12(14)19/h2-8H,1H3,(H2,20,25)(H,21,22,23). The Kier molecular flexibility index (Phi) is 5.01. The molecule has 0 radical (unpaired) electrons. The molecular formula is C17H13F2N5O3S. The number of carbonyl (C=O) groups is 1. The van der Waals surface area contributed by atoms with Gasteiger partial charge in [0.1, 0.15) is 17.5 Å². The lowest BCUT2D eigenvalue weighted by Crippen LogP contribution is -2.17. The second-order valence-electron chi connectivity index (χ2n) is 5.72. The molecule has 2 aromatic heterocycles. The van der Waals surface area contributed by atoms with E-state index >= 15 is 0 Å². The van der Waals surface area contributed by atoms with Gasteiger partial charge in [0.15, 0.2) is 15.5 Å². The zero-order valence-corrected chi connectivity index (χ0v) is 15.2. The Morgan fingerprint density at radius 3 is 2.32 bits per heavy atom. The van der Waals surface area contributed by atoms with E-state index in [1.165, 1.54) is 18.2 Å². The highest BCUT2D eigenvalue weighted by molar-refractivity contribution is 7.90. The van der Waals surface area contributed by atoms with Crippen LogP contribution in [0.5, 0.6) is 0 Å². The Hall–Kier alpha value is -3.47. The van der Waals surface area contributed by atoms with Crippen LogP contribution in [-0.4, -0.2) is 35.8 Å². The van der Waals surface area contributed by atoms with Crippen molar-refractivity contribution in [2.45, 2.75) is 4.90 Å². The summed E-state index contributed by atoms with van der Waals surface area (Å²) in [5.74, 6) is -2.65. The zero-order chi connectivity index (χ0) is 20.5. The maximum absolute atomic E-state index is 14.3. The quantitative estimate of drug-likeness (QED) is 0.665. The van der Waals surface area contributed by atoms with Crippen LogP contribution in [0.25, 0.3) is 11.1 Å². The molecule has 28 heavy (non-hydrogen) atoms. The average molecular weight is 405 g/mol. The van der Waals surface area contributed by atoms with Crippen molar-refractivity contribution in [3.63, 3.8) is 0 Å². The van der Waals surface area contributed by atoms with Gasteiger partial charge < -0.3 is 11.1 Å². The highest BCUT2D eigenvalue weighted by Crippen LogP contribution is 2.34. The number of pyridine rings is 1. The van der Waals surface area contributed by atoms with Gasteiger partial charge in [-0.15, -0.1) is 5.10 Å². The maximum Gasteiger partial charge on any atom is 0.271 e. The molecule has 3 aromatic rings. The number of nitrogens with two attached hydrogens (primary N) is 1. The Labute approximate surface area is 158 Å². The van der Waals surface area contributed by atoms with Crippen molar-refractivity contribution >= 4 is 27.2 Å². The van der Waals surface area contributed by atoms with E-state index in [4.69, 9.17) is 5.73 Å². The predicted octanol–water partition coefficient (Wildman–Crippen LogP) is 2.06. The minimum Gasteiger partial charge on any atom is -0.364 e. The summed E-state index contributed by atoms with van der Waals surface area (Å²) in [5, 5.41) is 9.92. The van der Waals surface area contributed by atoms with Crippen molar-refractivity contribution in [3.05, 3.63) is 60.1 Å². The largest absolute Gasteiger partial charge is 0.364 e. The van der Waals surface area contributed by atoms with Gasteiger partial charge in [0, 0.05) is 18.0 Å². The fourth-order valence-electron chi connectivity index (χ4n) is 2.43. The molecule has 0 fully saturated rings. The Balaban J connectivity index is 2.15. The summed E-state index contributed by atoms with van der Waals surface area (Å²) in [7, 11) is -3.46. The van der Waals surface area contributed by atoms with Crippen molar-refractivity contribution in [2.24, 2.45) is 5.73 Å². The average Bonchev–Trinajstić information content (AvgIpc) is 2.62. The summed E-state index contributed by atoms with van der Waals surface area (Å²) < 4.78 is 51.6. The van der Waals surface area contributed by atoms with Crippen molar-refractivity contribution in [2.75, 3.05) is 11.6 Å². The third-order valence-corrected chi connectivity index (χ3v) is 4.83. The Morgan fingerprint density at radius 2 is 1.79 bits per heavy atom. The van der Waals surface area contributed by atoms with Gasteiger partial charge >= 0.3 is 0 Å². The fourth-order valence-corrected chi connectivity index (χ4v) is 2.99. The van der Waals surface area contributed by atoms with Gasteiger partial charge in [-0.1, -0.05) is 6.07 Å². The normalized spacial score (nSPS) is 11.2. The molecule has 0 spiro atoms. The van der Waals surface area contributed by atoms with Gasteiger partial charge in [0.25, 0.3) is 5.91 Å². The van der Waals surface area contributed by atoms with Crippen LogP contribution in [0.3, 0.4) is 0 Å². The fraction of sp³-hybridized carbons (Fsp3) is 0.0588. The molecule has 0 aliphatic carbocycles. The van der Waals surface area contributed by atoms with Crippen molar-refractivity contribution in [3.8, 4) is 11.1 Å². The Bertz CT molecular complexity index is 1150. The van der Waals surface area contributed by atoms with E-state index in [0.717, 1.165) is 30.8 Å². The topological polar surface area (TPSA) is 128 Å². The molecular weight excluding hydrogens is 392 g/mol. The molecule has 0 bridgehead atoms. The number of amides is 1. The first kappa shape index (κ1) is 19.3. The molecule has 11 heteroatoms. The van der Waals surface area contributed by atoms with E-state index in [2.05, 4.69) is 20.5 Å². The molecule has 2 heterocycles. The van der Waals surface area contributed by atoms with E-state index in [1.54, 1.807) is 0 Å². The van der Waals surface area contributed by atoms with Crippen LogP contribution >= 0.6 is 0 Å². The number of benzene rings is 1. The Morgan fingerprint density at radius 1 is 1.11 bits per heavy atom. The van der Waals surface area contributed by atoms with Gasteiger partial charge in [0.05, 0.1) is 22.3 Å². The van der Waals surface area contributed by atoms with E-state index in [0.29, 0.717) is 0 Å². The third kappa shape index (κ3) is 3.78. The van der Waals surface area contributed by atoms with Crippen LogP contribution in [0.1, 0.15) is 10.5 Å². The SMILES string of the molecule is CS(=O)(=O)c1ccc(Nc2c(-c3c(F)cccc3F)cnnc2C(N)=O)nc1. The van der Waals surface area contributed by atoms with Crippen molar-refractivity contribution in [1.29, 1.82) is 0 Å². The number of carbonyl (C=O) groups excluding carboxylic acids is 1. The highest BCUT2D eigenvalue weighted by atomic mass is 32.2. The first-order valence-electron chi connectivity index (χ1n) is 7.71. The number of aromatic nitrogens is 3. The number of rotatable bonds is 5. The van der Waals surface area contributed by atoms with Crippen LogP contribution in [0.4, 0.5) is 20.3 Å². The molecule has 0 aliphatic rings. The highest BCUT2D eigenvalue weighted by Gasteiger charge is 2.22. The lowest BCUT2D eigenvalue weighted by atomic mass is 10.0. The molecule has 0 saturated carbocycles. The minimum atomic E-state index is -3.46. The van der Waals surface area contributed by atoms with E-state index < -0.39 is 32.9 Å². The van der Waals surface area contributed by atoms with Crippen LogP contribution in [-0.2, 0) is 9.84 Å². The molecule has 0 saturated heterocycles. The number of primary amides is 1. The molecule has 8 nitrogen and oxygen atoms in total. The van der Waals surface area contributed by atoms with E-state index in [9.17, 15) is 22.0 Å². The van der Waals surface area contributed by atoms with Crippen LogP contribution in [0, 0.1) is 11.6 Å². The maximum atomic E-state index is 14.3. The number of nitrogens with zero attached hydrogens (tertiary/aromatic N) is 3.